The van der Waals surface area contributed by atoms with Crippen LogP contribution in [0.2, 0.25) is 0 Å². The Labute approximate surface area is 87.1 Å². The largest absolute Gasteiger partial charge is 0.334 e. The summed E-state index contributed by atoms with van der Waals surface area (Å²) in [7, 11) is 0. The van der Waals surface area contributed by atoms with Crippen molar-refractivity contribution in [2.75, 3.05) is 6.54 Å². The van der Waals surface area contributed by atoms with E-state index in [0.717, 1.165) is 17.8 Å². The molecule has 15 heavy (non-hydrogen) atoms. The molecule has 0 fully saturated rings. The normalized spacial score (nSPS) is 10.8. The molecule has 0 radical (unpaired) electrons. The highest BCUT2D eigenvalue weighted by atomic mass is 16.5. The highest BCUT2D eigenvalue weighted by Crippen LogP contribution is 2.18. The Kier molecular flexibility index (Phi) is 2.77. The number of hydrogen-bond acceptors (Lipinski definition) is 5. The number of aryl methyl sites for hydroxylation is 1. The maximum atomic E-state index is 5.13. The summed E-state index contributed by atoms with van der Waals surface area (Å²) in [6.45, 7) is 5.45. The average Bonchev–Trinajstić information content (AvgIpc) is 2.83. The molecule has 0 atom stereocenters. The van der Waals surface area contributed by atoms with E-state index in [4.69, 9.17) is 4.52 Å². The van der Waals surface area contributed by atoms with E-state index >= 15 is 0 Å². The fourth-order valence-electron chi connectivity index (χ4n) is 1.24. The lowest BCUT2D eigenvalue weighted by Gasteiger charge is -1.92. The molecule has 0 unspecified atom stereocenters. The summed E-state index contributed by atoms with van der Waals surface area (Å²) in [6.07, 6.45) is 1.68. The first kappa shape index (κ1) is 9.85. The zero-order chi connectivity index (χ0) is 10.7. The van der Waals surface area contributed by atoms with Gasteiger partial charge in [-0.2, -0.15) is 10.1 Å². The maximum Gasteiger partial charge on any atom is 0.261 e. The SMILES string of the molecule is CCNCc1noc(-c2cn[nH]c2C)n1. The minimum Gasteiger partial charge on any atom is -0.334 e. The molecule has 2 heterocycles. The molecule has 2 N–H and O–H groups in total. The van der Waals surface area contributed by atoms with Crippen LogP contribution < -0.4 is 5.32 Å². The van der Waals surface area contributed by atoms with Gasteiger partial charge in [-0.15, -0.1) is 0 Å². The lowest BCUT2D eigenvalue weighted by Crippen LogP contribution is -2.12. The van der Waals surface area contributed by atoms with Gasteiger partial charge in [0.2, 0.25) is 0 Å². The second-order valence-corrected chi connectivity index (χ2v) is 3.20. The third-order valence-electron chi connectivity index (χ3n) is 2.06. The maximum absolute atomic E-state index is 5.13. The van der Waals surface area contributed by atoms with Gasteiger partial charge in [0.15, 0.2) is 5.82 Å². The van der Waals surface area contributed by atoms with Crippen LogP contribution in [0.25, 0.3) is 11.5 Å². The minimum absolute atomic E-state index is 0.508. The Balaban J connectivity index is 2.17. The summed E-state index contributed by atoms with van der Waals surface area (Å²) < 4.78 is 5.13. The highest BCUT2D eigenvalue weighted by molar-refractivity contribution is 5.54. The van der Waals surface area contributed by atoms with Crippen LogP contribution in [0.3, 0.4) is 0 Å². The van der Waals surface area contributed by atoms with Crippen molar-refractivity contribution in [3.63, 3.8) is 0 Å². The van der Waals surface area contributed by atoms with Gasteiger partial charge in [-0.05, 0) is 13.5 Å². The summed E-state index contributed by atoms with van der Waals surface area (Å²) in [4.78, 5) is 4.25. The van der Waals surface area contributed by atoms with Crippen molar-refractivity contribution in [1.29, 1.82) is 0 Å². The van der Waals surface area contributed by atoms with Gasteiger partial charge < -0.3 is 9.84 Å². The molecule has 2 aromatic heterocycles. The van der Waals surface area contributed by atoms with Crippen molar-refractivity contribution in [3.8, 4) is 11.5 Å². The molecule has 0 bridgehead atoms. The third-order valence-corrected chi connectivity index (χ3v) is 2.06. The van der Waals surface area contributed by atoms with Gasteiger partial charge in [-0.3, -0.25) is 5.10 Å². The molecule has 0 spiro atoms. The fraction of sp³-hybridized carbons (Fsp3) is 0.444. The van der Waals surface area contributed by atoms with Gasteiger partial charge in [0.05, 0.1) is 18.3 Å². The van der Waals surface area contributed by atoms with Gasteiger partial charge in [0, 0.05) is 5.69 Å². The molecule has 6 nitrogen and oxygen atoms in total. The van der Waals surface area contributed by atoms with Crippen molar-refractivity contribution >= 4 is 0 Å². The van der Waals surface area contributed by atoms with E-state index in [0.29, 0.717) is 18.3 Å². The van der Waals surface area contributed by atoms with Gasteiger partial charge in [-0.1, -0.05) is 12.1 Å². The molecule has 0 aromatic carbocycles. The molecule has 0 saturated heterocycles. The molecule has 0 saturated carbocycles. The molecular formula is C9H13N5O. The molecule has 0 aliphatic heterocycles. The van der Waals surface area contributed by atoms with Crippen LogP contribution in [0.1, 0.15) is 18.4 Å². The molecule has 0 aliphatic carbocycles. The van der Waals surface area contributed by atoms with Crippen LogP contribution in [0, 0.1) is 6.92 Å². The van der Waals surface area contributed by atoms with Gasteiger partial charge in [0.1, 0.15) is 0 Å². The molecule has 0 amide bonds. The summed E-state index contributed by atoms with van der Waals surface area (Å²) in [5.74, 6) is 1.17. The second kappa shape index (κ2) is 4.22. The smallest absolute Gasteiger partial charge is 0.261 e. The van der Waals surface area contributed by atoms with E-state index in [9.17, 15) is 0 Å². The van der Waals surface area contributed by atoms with E-state index in [1.54, 1.807) is 6.20 Å². The number of nitrogens with zero attached hydrogens (tertiary/aromatic N) is 3. The van der Waals surface area contributed by atoms with Crippen molar-refractivity contribution in [2.45, 2.75) is 20.4 Å². The number of hydrogen-bond donors (Lipinski definition) is 2. The van der Waals surface area contributed by atoms with Crippen molar-refractivity contribution < 1.29 is 4.52 Å². The topological polar surface area (TPSA) is 79.6 Å². The van der Waals surface area contributed by atoms with E-state index < -0.39 is 0 Å². The van der Waals surface area contributed by atoms with E-state index in [1.807, 2.05) is 13.8 Å². The van der Waals surface area contributed by atoms with Crippen LogP contribution in [0.4, 0.5) is 0 Å². The number of aromatic amines is 1. The molecule has 80 valence electrons. The third kappa shape index (κ3) is 2.04. The van der Waals surface area contributed by atoms with Crippen LogP contribution in [-0.2, 0) is 6.54 Å². The lowest BCUT2D eigenvalue weighted by molar-refractivity contribution is 0.419. The Morgan fingerprint density at radius 2 is 2.40 bits per heavy atom. The molecule has 2 rings (SSSR count). The first-order chi connectivity index (χ1) is 7.31. The minimum atomic E-state index is 0.508. The predicted octanol–water partition coefficient (Wildman–Crippen LogP) is 0.878. The lowest BCUT2D eigenvalue weighted by atomic mass is 10.3. The number of nitrogens with one attached hydrogen (secondary N) is 2. The average molecular weight is 207 g/mol. The quantitative estimate of drug-likeness (QED) is 0.777. The van der Waals surface area contributed by atoms with Crippen molar-refractivity contribution in [3.05, 3.63) is 17.7 Å². The van der Waals surface area contributed by atoms with Gasteiger partial charge in [0.25, 0.3) is 5.89 Å². The molecule has 2 aromatic rings. The Morgan fingerprint density at radius 1 is 1.53 bits per heavy atom. The zero-order valence-corrected chi connectivity index (χ0v) is 8.74. The number of H-pyrrole nitrogens is 1. The van der Waals surface area contributed by atoms with Crippen LogP contribution in [-0.4, -0.2) is 26.9 Å². The first-order valence-electron chi connectivity index (χ1n) is 4.85. The Morgan fingerprint density at radius 3 is 3.07 bits per heavy atom. The Hall–Kier alpha value is -1.69. The van der Waals surface area contributed by atoms with Crippen LogP contribution in [0.5, 0.6) is 0 Å². The number of aromatic nitrogens is 4. The second-order valence-electron chi connectivity index (χ2n) is 3.20. The molecule has 0 aliphatic rings. The Bertz CT molecular complexity index is 433. The zero-order valence-electron chi connectivity index (χ0n) is 8.74. The van der Waals surface area contributed by atoms with Crippen molar-refractivity contribution in [1.82, 2.24) is 25.7 Å². The molecular weight excluding hydrogens is 194 g/mol. The van der Waals surface area contributed by atoms with Crippen LogP contribution in [0.15, 0.2) is 10.7 Å². The van der Waals surface area contributed by atoms with Crippen LogP contribution >= 0.6 is 0 Å². The number of rotatable bonds is 4. The first-order valence-corrected chi connectivity index (χ1v) is 4.85. The summed E-state index contributed by atoms with van der Waals surface area (Å²) >= 11 is 0. The monoisotopic (exact) mass is 207 g/mol. The van der Waals surface area contributed by atoms with Gasteiger partial charge in [-0.25, -0.2) is 0 Å². The molecule has 6 heteroatoms. The predicted molar refractivity (Wildman–Crippen MR) is 54.0 cm³/mol. The fourth-order valence-corrected chi connectivity index (χ4v) is 1.24. The van der Waals surface area contributed by atoms with E-state index in [2.05, 4.69) is 25.7 Å². The van der Waals surface area contributed by atoms with Gasteiger partial charge >= 0.3 is 0 Å². The standard InChI is InChI=1S/C9H13N5O/c1-3-10-5-8-12-9(15-14-8)7-4-11-13-6(7)2/h4,10H,3,5H2,1-2H3,(H,11,13). The summed E-state index contributed by atoms with van der Waals surface area (Å²) in [5, 5.41) is 13.7. The highest BCUT2D eigenvalue weighted by Gasteiger charge is 2.11. The van der Waals surface area contributed by atoms with E-state index in [1.165, 1.54) is 0 Å². The van der Waals surface area contributed by atoms with Crippen molar-refractivity contribution in [2.24, 2.45) is 0 Å². The summed E-state index contributed by atoms with van der Waals surface area (Å²) in [6, 6.07) is 0. The van der Waals surface area contributed by atoms with E-state index in [-0.39, 0.29) is 0 Å². The summed E-state index contributed by atoms with van der Waals surface area (Å²) in [5.41, 5.74) is 1.78.